The van der Waals surface area contributed by atoms with E-state index in [0.717, 1.165) is 30.6 Å². The van der Waals surface area contributed by atoms with E-state index >= 15 is 0 Å². The molecule has 0 aliphatic carbocycles. The van der Waals surface area contributed by atoms with Gasteiger partial charge in [-0.2, -0.15) is 0 Å². The lowest BCUT2D eigenvalue weighted by Crippen LogP contribution is -2.38. The lowest BCUT2D eigenvalue weighted by molar-refractivity contribution is 0.255. The predicted octanol–water partition coefficient (Wildman–Crippen LogP) is 2.06. The Bertz CT molecular complexity index is 422. The van der Waals surface area contributed by atoms with Crippen molar-refractivity contribution >= 4 is 22.9 Å². The highest BCUT2D eigenvalue weighted by molar-refractivity contribution is 7.80. The smallest absolute Gasteiger partial charge is 0.106 e. The summed E-state index contributed by atoms with van der Waals surface area (Å²) < 4.78 is 0. The molecule has 1 heterocycles. The summed E-state index contributed by atoms with van der Waals surface area (Å²) >= 11 is 5.12. The van der Waals surface area contributed by atoms with Crippen LogP contribution in [0, 0.1) is 0 Å². The number of para-hydroxylation sites is 1. The van der Waals surface area contributed by atoms with Crippen molar-refractivity contribution in [1.82, 2.24) is 0 Å². The number of aliphatic hydroxyl groups excluding tert-OH is 1. The van der Waals surface area contributed by atoms with Gasteiger partial charge in [-0.05, 0) is 25.0 Å². The first-order chi connectivity index (χ1) is 8.74. The molecule has 0 aromatic heterocycles. The molecule has 1 fully saturated rings. The Kier molecular flexibility index (Phi) is 4.55. The van der Waals surface area contributed by atoms with Crippen LogP contribution in [-0.4, -0.2) is 29.3 Å². The van der Waals surface area contributed by atoms with Crippen molar-refractivity contribution in [2.24, 2.45) is 5.73 Å². The maximum atomic E-state index is 9.57. The summed E-state index contributed by atoms with van der Waals surface area (Å²) in [5.74, 6) is 0. The number of thiocarbonyl (C=S) groups is 1. The van der Waals surface area contributed by atoms with Gasteiger partial charge in [-0.1, -0.05) is 37.2 Å². The molecule has 0 saturated carbocycles. The molecule has 0 radical (unpaired) electrons. The monoisotopic (exact) mass is 264 g/mol. The van der Waals surface area contributed by atoms with Crippen LogP contribution in [0.25, 0.3) is 0 Å². The molecular weight excluding hydrogens is 244 g/mol. The van der Waals surface area contributed by atoms with E-state index in [2.05, 4.69) is 4.90 Å². The van der Waals surface area contributed by atoms with Crippen LogP contribution < -0.4 is 10.6 Å². The molecular formula is C14H20N2OS. The average Bonchev–Trinajstić information content (AvgIpc) is 2.63. The number of hydrogen-bond acceptors (Lipinski definition) is 3. The Morgan fingerprint density at radius 1 is 1.33 bits per heavy atom. The Hall–Kier alpha value is -1.13. The quantitative estimate of drug-likeness (QED) is 0.821. The van der Waals surface area contributed by atoms with Gasteiger partial charge in [0, 0.05) is 17.8 Å². The molecule has 3 N–H and O–H groups in total. The van der Waals surface area contributed by atoms with E-state index in [1.165, 1.54) is 12.8 Å². The molecule has 0 amide bonds. The van der Waals surface area contributed by atoms with E-state index in [1.54, 1.807) is 0 Å². The fourth-order valence-corrected chi connectivity index (χ4v) is 2.79. The Morgan fingerprint density at radius 2 is 2.11 bits per heavy atom. The third-order valence-electron chi connectivity index (χ3n) is 3.57. The van der Waals surface area contributed by atoms with Gasteiger partial charge in [-0.3, -0.25) is 0 Å². The molecule has 1 aromatic rings. The highest BCUT2D eigenvalue weighted by atomic mass is 32.1. The normalized spacial score (nSPS) is 20.5. The van der Waals surface area contributed by atoms with Gasteiger partial charge in [0.1, 0.15) is 4.99 Å². The minimum absolute atomic E-state index is 0.183. The van der Waals surface area contributed by atoms with Crippen LogP contribution in [0.4, 0.5) is 5.69 Å². The molecule has 1 unspecified atom stereocenters. The van der Waals surface area contributed by atoms with E-state index < -0.39 is 0 Å². The summed E-state index contributed by atoms with van der Waals surface area (Å²) in [5.41, 5.74) is 7.76. The second-order valence-corrected chi connectivity index (χ2v) is 5.20. The number of benzene rings is 1. The zero-order valence-corrected chi connectivity index (χ0v) is 11.3. The third kappa shape index (κ3) is 2.82. The van der Waals surface area contributed by atoms with Crippen LogP contribution >= 0.6 is 12.2 Å². The maximum Gasteiger partial charge on any atom is 0.106 e. The number of nitrogens with two attached hydrogens (primary N) is 1. The van der Waals surface area contributed by atoms with Gasteiger partial charge in [-0.25, -0.2) is 0 Å². The molecule has 1 aliphatic heterocycles. The summed E-state index contributed by atoms with van der Waals surface area (Å²) in [7, 11) is 0. The van der Waals surface area contributed by atoms with Crippen molar-refractivity contribution in [1.29, 1.82) is 0 Å². The van der Waals surface area contributed by atoms with Gasteiger partial charge >= 0.3 is 0 Å². The van der Waals surface area contributed by atoms with Crippen molar-refractivity contribution in [3.63, 3.8) is 0 Å². The standard InChI is InChI=1S/C14H20N2OS/c15-14(18)12-7-3-4-8-13(12)16-9-5-1-2-6-11(16)10-17/h3-4,7-8,11,17H,1-2,5-6,9-10H2,(H2,15,18). The van der Waals surface area contributed by atoms with Crippen molar-refractivity contribution in [3.8, 4) is 0 Å². The summed E-state index contributed by atoms with van der Waals surface area (Å²) in [5, 5.41) is 9.57. The highest BCUT2D eigenvalue weighted by Crippen LogP contribution is 2.27. The van der Waals surface area contributed by atoms with E-state index in [0.29, 0.717) is 4.99 Å². The molecule has 0 spiro atoms. The van der Waals surface area contributed by atoms with Gasteiger partial charge in [0.25, 0.3) is 0 Å². The third-order valence-corrected chi connectivity index (χ3v) is 3.79. The Labute approximate surface area is 114 Å². The zero-order chi connectivity index (χ0) is 13.0. The summed E-state index contributed by atoms with van der Waals surface area (Å²) in [4.78, 5) is 2.69. The molecule has 98 valence electrons. The fraction of sp³-hybridized carbons (Fsp3) is 0.500. The highest BCUT2D eigenvalue weighted by Gasteiger charge is 2.22. The van der Waals surface area contributed by atoms with Gasteiger partial charge < -0.3 is 15.7 Å². The average molecular weight is 264 g/mol. The van der Waals surface area contributed by atoms with Crippen molar-refractivity contribution in [2.75, 3.05) is 18.1 Å². The molecule has 1 saturated heterocycles. The molecule has 1 atom stereocenters. The summed E-state index contributed by atoms with van der Waals surface area (Å²) in [6, 6.07) is 8.13. The second kappa shape index (κ2) is 6.16. The van der Waals surface area contributed by atoms with Gasteiger partial charge in [-0.15, -0.1) is 0 Å². The van der Waals surface area contributed by atoms with Crippen molar-refractivity contribution in [3.05, 3.63) is 29.8 Å². The Morgan fingerprint density at radius 3 is 2.83 bits per heavy atom. The molecule has 0 bridgehead atoms. The van der Waals surface area contributed by atoms with Crippen LogP contribution in [0.1, 0.15) is 31.2 Å². The molecule has 2 rings (SSSR count). The minimum atomic E-state index is 0.183. The lowest BCUT2D eigenvalue weighted by atomic mass is 10.1. The molecule has 18 heavy (non-hydrogen) atoms. The second-order valence-electron chi connectivity index (χ2n) is 4.76. The van der Waals surface area contributed by atoms with Gasteiger partial charge in [0.05, 0.1) is 12.6 Å². The first-order valence-corrected chi connectivity index (χ1v) is 6.91. The molecule has 4 heteroatoms. The van der Waals surface area contributed by atoms with E-state index in [4.69, 9.17) is 18.0 Å². The number of rotatable bonds is 3. The van der Waals surface area contributed by atoms with E-state index in [9.17, 15) is 5.11 Å². The fourth-order valence-electron chi connectivity index (χ4n) is 2.62. The number of hydrogen-bond donors (Lipinski definition) is 2. The summed E-state index contributed by atoms with van der Waals surface area (Å²) in [6.07, 6.45) is 4.59. The topological polar surface area (TPSA) is 49.5 Å². The molecule has 3 nitrogen and oxygen atoms in total. The minimum Gasteiger partial charge on any atom is -0.394 e. The van der Waals surface area contributed by atoms with E-state index in [1.807, 2.05) is 24.3 Å². The van der Waals surface area contributed by atoms with Crippen molar-refractivity contribution < 1.29 is 5.11 Å². The molecule has 1 aliphatic rings. The summed E-state index contributed by atoms with van der Waals surface area (Å²) in [6.45, 7) is 1.15. The Balaban J connectivity index is 2.35. The van der Waals surface area contributed by atoms with Gasteiger partial charge in [0.2, 0.25) is 0 Å². The van der Waals surface area contributed by atoms with Crippen LogP contribution in [0.2, 0.25) is 0 Å². The predicted molar refractivity (Wildman–Crippen MR) is 79.0 cm³/mol. The first kappa shape index (κ1) is 13.3. The van der Waals surface area contributed by atoms with Gasteiger partial charge in [0.15, 0.2) is 0 Å². The SMILES string of the molecule is NC(=S)c1ccccc1N1CCCCCC1CO. The lowest BCUT2D eigenvalue weighted by Gasteiger charge is -2.32. The van der Waals surface area contributed by atoms with Crippen LogP contribution in [0.3, 0.4) is 0 Å². The maximum absolute atomic E-state index is 9.57. The van der Waals surface area contributed by atoms with Crippen LogP contribution in [0.15, 0.2) is 24.3 Å². The molecule has 1 aromatic carbocycles. The van der Waals surface area contributed by atoms with E-state index in [-0.39, 0.29) is 12.6 Å². The number of aliphatic hydroxyl groups is 1. The van der Waals surface area contributed by atoms with Crippen LogP contribution in [-0.2, 0) is 0 Å². The van der Waals surface area contributed by atoms with Crippen LogP contribution in [0.5, 0.6) is 0 Å². The zero-order valence-electron chi connectivity index (χ0n) is 10.5. The number of nitrogens with zero attached hydrogens (tertiary/aromatic N) is 1. The van der Waals surface area contributed by atoms with Crippen molar-refractivity contribution in [2.45, 2.75) is 31.7 Å². The first-order valence-electron chi connectivity index (χ1n) is 6.50. The number of anilines is 1. The largest absolute Gasteiger partial charge is 0.394 e.